The molecule has 2 rings (SSSR count). The van der Waals surface area contributed by atoms with Gasteiger partial charge in [-0.15, -0.1) is 0 Å². The van der Waals surface area contributed by atoms with E-state index in [4.69, 9.17) is 0 Å². The quantitative estimate of drug-likeness (QED) is 0.661. The van der Waals surface area contributed by atoms with Crippen LogP contribution in [0.5, 0.6) is 0 Å². The van der Waals surface area contributed by atoms with E-state index in [0.29, 0.717) is 25.2 Å². The van der Waals surface area contributed by atoms with E-state index in [1.807, 2.05) is 6.92 Å². The number of nitrogens with one attached hydrogen (secondary N) is 1. The molecule has 20 heavy (non-hydrogen) atoms. The number of sulfonamides is 1. The van der Waals surface area contributed by atoms with Gasteiger partial charge in [0.2, 0.25) is 10.0 Å². The van der Waals surface area contributed by atoms with Crippen LogP contribution in [0.25, 0.3) is 0 Å². The van der Waals surface area contributed by atoms with Gasteiger partial charge in [0.05, 0.1) is 9.82 Å². The van der Waals surface area contributed by atoms with E-state index in [-0.39, 0.29) is 16.6 Å². The number of nitrogens with zero attached hydrogens (tertiary/aromatic N) is 2. The van der Waals surface area contributed by atoms with Crippen LogP contribution < -0.4 is 5.32 Å². The molecule has 0 amide bonds. The van der Waals surface area contributed by atoms with E-state index >= 15 is 0 Å². The highest BCUT2D eigenvalue weighted by molar-refractivity contribution is 7.89. The summed E-state index contributed by atoms with van der Waals surface area (Å²) in [6, 6.07) is 4.09. The van der Waals surface area contributed by atoms with E-state index in [2.05, 4.69) is 5.32 Å². The lowest BCUT2D eigenvalue weighted by Gasteiger charge is -2.30. The molecule has 0 aromatic heterocycles. The first-order valence-corrected chi connectivity index (χ1v) is 7.75. The molecular formula is C12H17N3O4S. The van der Waals surface area contributed by atoms with Crippen LogP contribution in [0.4, 0.5) is 5.69 Å². The van der Waals surface area contributed by atoms with Gasteiger partial charge in [0, 0.05) is 37.3 Å². The molecular weight excluding hydrogens is 282 g/mol. The Balaban J connectivity index is 2.39. The lowest BCUT2D eigenvalue weighted by molar-refractivity contribution is -0.385. The van der Waals surface area contributed by atoms with Crippen molar-refractivity contribution in [3.05, 3.63) is 33.9 Å². The summed E-state index contributed by atoms with van der Waals surface area (Å²) in [6.07, 6.45) is 0. The number of hydrogen-bond acceptors (Lipinski definition) is 5. The predicted molar refractivity (Wildman–Crippen MR) is 74.1 cm³/mol. The Bertz CT molecular complexity index is 630. The highest BCUT2D eigenvalue weighted by Gasteiger charge is 2.29. The van der Waals surface area contributed by atoms with E-state index in [0.717, 1.165) is 6.07 Å². The van der Waals surface area contributed by atoms with Gasteiger partial charge in [-0.3, -0.25) is 10.1 Å². The van der Waals surface area contributed by atoms with Crippen LogP contribution in [-0.2, 0) is 10.0 Å². The molecule has 1 N–H and O–H groups in total. The van der Waals surface area contributed by atoms with Gasteiger partial charge in [0.1, 0.15) is 0 Å². The highest BCUT2D eigenvalue weighted by Crippen LogP contribution is 2.25. The van der Waals surface area contributed by atoms with Crippen LogP contribution in [0, 0.1) is 17.0 Å². The minimum Gasteiger partial charge on any atom is -0.312 e. The first kappa shape index (κ1) is 14.9. The fourth-order valence-electron chi connectivity index (χ4n) is 2.21. The standard InChI is InChI=1S/C12H17N3O4S/c1-9-3-4-11(7-12(9)15(16)17)20(18,19)14-6-5-13-10(2)8-14/h3-4,7,10,13H,5-6,8H2,1-2H3. The molecule has 1 atom stereocenters. The maximum absolute atomic E-state index is 12.5. The second kappa shape index (κ2) is 5.47. The Hall–Kier alpha value is -1.51. The van der Waals surface area contributed by atoms with E-state index < -0.39 is 14.9 Å². The highest BCUT2D eigenvalue weighted by atomic mass is 32.2. The summed E-state index contributed by atoms with van der Waals surface area (Å²) in [6.45, 7) is 4.80. The lowest BCUT2D eigenvalue weighted by atomic mass is 10.2. The predicted octanol–water partition coefficient (Wildman–Crippen LogP) is 0.886. The SMILES string of the molecule is Cc1ccc(S(=O)(=O)N2CCNC(C)C2)cc1[N+](=O)[O-]. The maximum atomic E-state index is 12.5. The summed E-state index contributed by atoms with van der Waals surface area (Å²) in [7, 11) is -3.68. The third kappa shape index (κ3) is 2.82. The Morgan fingerprint density at radius 2 is 2.15 bits per heavy atom. The molecule has 0 aliphatic carbocycles. The number of rotatable bonds is 3. The largest absolute Gasteiger partial charge is 0.312 e. The van der Waals surface area contributed by atoms with Crippen molar-refractivity contribution >= 4 is 15.7 Å². The van der Waals surface area contributed by atoms with E-state index in [1.165, 1.54) is 16.4 Å². The van der Waals surface area contributed by atoms with Gasteiger partial charge in [0.15, 0.2) is 0 Å². The number of nitro groups is 1. The number of benzene rings is 1. The molecule has 0 saturated carbocycles. The molecule has 1 heterocycles. The topological polar surface area (TPSA) is 92.6 Å². The Labute approximate surface area is 117 Å². The Kier molecular flexibility index (Phi) is 4.07. The first-order valence-electron chi connectivity index (χ1n) is 6.31. The zero-order chi connectivity index (χ0) is 14.9. The Morgan fingerprint density at radius 1 is 1.45 bits per heavy atom. The number of piperazine rings is 1. The number of nitro benzene ring substituents is 1. The second-order valence-corrected chi connectivity index (χ2v) is 6.86. The van der Waals surface area contributed by atoms with Gasteiger partial charge in [-0.2, -0.15) is 4.31 Å². The molecule has 1 aliphatic rings. The van der Waals surface area contributed by atoms with Crippen molar-refractivity contribution in [2.24, 2.45) is 0 Å². The van der Waals surface area contributed by atoms with Crippen LogP contribution in [0.2, 0.25) is 0 Å². The summed E-state index contributed by atoms with van der Waals surface area (Å²) in [4.78, 5) is 10.3. The molecule has 110 valence electrons. The zero-order valence-corrected chi connectivity index (χ0v) is 12.2. The second-order valence-electron chi connectivity index (χ2n) is 4.92. The van der Waals surface area contributed by atoms with Gasteiger partial charge in [0.25, 0.3) is 5.69 Å². The minimum absolute atomic E-state index is 0.0242. The normalized spacial score (nSPS) is 20.8. The molecule has 0 spiro atoms. The molecule has 1 aromatic rings. The van der Waals surface area contributed by atoms with Crippen LogP contribution in [0.3, 0.4) is 0 Å². The molecule has 0 radical (unpaired) electrons. The summed E-state index contributed by atoms with van der Waals surface area (Å²) in [5.41, 5.74) is 0.275. The average molecular weight is 299 g/mol. The average Bonchev–Trinajstić information content (AvgIpc) is 2.38. The summed E-state index contributed by atoms with van der Waals surface area (Å²) >= 11 is 0. The summed E-state index contributed by atoms with van der Waals surface area (Å²) in [5, 5.41) is 14.1. The molecule has 1 aromatic carbocycles. The van der Waals surface area contributed by atoms with Crippen molar-refractivity contribution in [3.8, 4) is 0 Å². The van der Waals surface area contributed by atoms with Gasteiger partial charge < -0.3 is 5.32 Å². The summed E-state index contributed by atoms with van der Waals surface area (Å²) in [5.74, 6) is 0. The Morgan fingerprint density at radius 3 is 2.75 bits per heavy atom. The van der Waals surface area contributed by atoms with Gasteiger partial charge in [-0.1, -0.05) is 6.07 Å². The molecule has 8 heteroatoms. The molecule has 1 aliphatic heterocycles. The summed E-state index contributed by atoms with van der Waals surface area (Å²) < 4.78 is 26.4. The van der Waals surface area contributed by atoms with Crippen molar-refractivity contribution in [1.82, 2.24) is 9.62 Å². The first-order chi connectivity index (χ1) is 9.32. The lowest BCUT2D eigenvalue weighted by Crippen LogP contribution is -2.51. The van der Waals surface area contributed by atoms with Crippen molar-refractivity contribution < 1.29 is 13.3 Å². The third-order valence-electron chi connectivity index (χ3n) is 3.35. The molecule has 1 unspecified atom stereocenters. The van der Waals surface area contributed by atoms with Crippen molar-refractivity contribution in [2.75, 3.05) is 19.6 Å². The number of hydrogen-bond donors (Lipinski definition) is 1. The zero-order valence-electron chi connectivity index (χ0n) is 11.4. The van der Waals surface area contributed by atoms with E-state index in [9.17, 15) is 18.5 Å². The molecule has 7 nitrogen and oxygen atoms in total. The van der Waals surface area contributed by atoms with Gasteiger partial charge in [-0.25, -0.2) is 8.42 Å². The van der Waals surface area contributed by atoms with Crippen LogP contribution in [0.1, 0.15) is 12.5 Å². The van der Waals surface area contributed by atoms with Crippen molar-refractivity contribution in [3.63, 3.8) is 0 Å². The molecule has 0 bridgehead atoms. The van der Waals surface area contributed by atoms with Crippen LogP contribution in [0.15, 0.2) is 23.1 Å². The monoisotopic (exact) mass is 299 g/mol. The van der Waals surface area contributed by atoms with Crippen molar-refractivity contribution in [2.45, 2.75) is 24.8 Å². The number of aryl methyl sites for hydroxylation is 1. The fourth-order valence-corrected chi connectivity index (χ4v) is 3.76. The van der Waals surface area contributed by atoms with Gasteiger partial charge in [-0.05, 0) is 19.9 Å². The maximum Gasteiger partial charge on any atom is 0.273 e. The van der Waals surface area contributed by atoms with Crippen LogP contribution in [-0.4, -0.2) is 43.3 Å². The van der Waals surface area contributed by atoms with Crippen molar-refractivity contribution in [1.29, 1.82) is 0 Å². The minimum atomic E-state index is -3.68. The van der Waals surface area contributed by atoms with Crippen LogP contribution >= 0.6 is 0 Å². The fraction of sp³-hybridized carbons (Fsp3) is 0.500. The van der Waals surface area contributed by atoms with Gasteiger partial charge >= 0.3 is 0 Å². The molecule has 1 saturated heterocycles. The third-order valence-corrected chi connectivity index (χ3v) is 5.21. The molecule has 1 fully saturated rings. The smallest absolute Gasteiger partial charge is 0.273 e. The van der Waals surface area contributed by atoms with E-state index in [1.54, 1.807) is 6.92 Å².